The lowest BCUT2D eigenvalue weighted by Crippen LogP contribution is -2.41. The van der Waals surface area contributed by atoms with Gasteiger partial charge >= 0.3 is 5.97 Å². The van der Waals surface area contributed by atoms with Gasteiger partial charge in [-0.2, -0.15) is 0 Å². The summed E-state index contributed by atoms with van der Waals surface area (Å²) in [6.45, 7) is 4.78. The molecule has 1 aromatic carbocycles. The summed E-state index contributed by atoms with van der Waals surface area (Å²) in [6, 6.07) is 8.27. The van der Waals surface area contributed by atoms with Crippen molar-refractivity contribution in [1.29, 1.82) is 0 Å². The van der Waals surface area contributed by atoms with E-state index in [1.54, 1.807) is 0 Å². The van der Waals surface area contributed by atoms with Crippen molar-refractivity contribution in [3.8, 4) is 0 Å². The first kappa shape index (κ1) is 17.9. The van der Waals surface area contributed by atoms with Crippen LogP contribution >= 0.6 is 0 Å². The number of nitrogens with zero attached hydrogens (tertiary/aromatic N) is 3. The fourth-order valence-corrected chi connectivity index (χ4v) is 4.39. The molecule has 0 aromatic heterocycles. The van der Waals surface area contributed by atoms with E-state index in [1.807, 2.05) is 40.9 Å². The number of carbonyl (C=O) groups excluding carboxylic acids is 1. The molecule has 0 radical (unpaired) electrons. The number of aryl methyl sites for hydroxylation is 1. The quantitative estimate of drug-likeness (QED) is 0.865. The maximum Gasteiger partial charge on any atom is 0.317 e. The van der Waals surface area contributed by atoms with Gasteiger partial charge < -0.3 is 14.9 Å². The SMILES string of the molecule is Cc1ccccc1[C@H]1[C@@H]2CN(CC(=O)O)C[C@@H]2CN1C(=O)CN(C)C. The van der Waals surface area contributed by atoms with Crippen LogP contribution in [0.1, 0.15) is 17.2 Å². The molecule has 2 saturated heterocycles. The van der Waals surface area contributed by atoms with Crippen LogP contribution in [-0.2, 0) is 9.59 Å². The molecule has 0 bridgehead atoms. The number of fused-ring (bicyclic) bond motifs is 1. The minimum absolute atomic E-state index is 0.0393. The Morgan fingerprint density at radius 2 is 1.92 bits per heavy atom. The smallest absolute Gasteiger partial charge is 0.317 e. The lowest BCUT2D eigenvalue weighted by Gasteiger charge is -2.31. The first-order valence-electron chi connectivity index (χ1n) is 8.80. The number of benzene rings is 1. The Bertz CT molecular complexity index is 661. The molecule has 2 aliphatic heterocycles. The van der Waals surface area contributed by atoms with Crippen LogP contribution < -0.4 is 0 Å². The third kappa shape index (κ3) is 3.70. The molecule has 0 saturated carbocycles. The van der Waals surface area contributed by atoms with Crippen LogP contribution in [0.3, 0.4) is 0 Å². The van der Waals surface area contributed by atoms with Gasteiger partial charge in [-0.15, -0.1) is 0 Å². The third-order valence-corrected chi connectivity index (χ3v) is 5.38. The highest BCUT2D eigenvalue weighted by atomic mass is 16.4. The topological polar surface area (TPSA) is 64.1 Å². The second-order valence-corrected chi connectivity index (χ2v) is 7.60. The first-order chi connectivity index (χ1) is 11.9. The molecule has 136 valence electrons. The van der Waals surface area contributed by atoms with E-state index in [-0.39, 0.29) is 18.5 Å². The summed E-state index contributed by atoms with van der Waals surface area (Å²) in [5, 5.41) is 9.09. The maximum atomic E-state index is 12.8. The minimum Gasteiger partial charge on any atom is -0.480 e. The van der Waals surface area contributed by atoms with Crippen LogP contribution in [0.4, 0.5) is 0 Å². The molecule has 1 N–H and O–H groups in total. The van der Waals surface area contributed by atoms with Gasteiger partial charge in [0.1, 0.15) is 0 Å². The second kappa shape index (κ2) is 7.14. The molecule has 2 aliphatic rings. The third-order valence-electron chi connectivity index (χ3n) is 5.38. The Morgan fingerprint density at radius 3 is 2.56 bits per heavy atom. The van der Waals surface area contributed by atoms with Gasteiger partial charge in [-0.05, 0) is 38.1 Å². The summed E-state index contributed by atoms with van der Waals surface area (Å²) in [6.07, 6.45) is 0. The zero-order chi connectivity index (χ0) is 18.1. The van der Waals surface area contributed by atoms with Gasteiger partial charge in [0.2, 0.25) is 5.91 Å². The van der Waals surface area contributed by atoms with E-state index in [0.717, 1.165) is 13.1 Å². The molecule has 0 aliphatic carbocycles. The van der Waals surface area contributed by atoms with Crippen molar-refractivity contribution in [2.24, 2.45) is 11.8 Å². The Balaban J connectivity index is 1.88. The second-order valence-electron chi connectivity index (χ2n) is 7.60. The van der Waals surface area contributed by atoms with E-state index >= 15 is 0 Å². The highest BCUT2D eigenvalue weighted by Gasteiger charge is 2.49. The van der Waals surface area contributed by atoms with Crippen molar-refractivity contribution in [2.45, 2.75) is 13.0 Å². The summed E-state index contributed by atoms with van der Waals surface area (Å²) in [5.41, 5.74) is 2.38. The van der Waals surface area contributed by atoms with Gasteiger partial charge in [0.05, 0.1) is 19.1 Å². The van der Waals surface area contributed by atoms with Gasteiger partial charge in [-0.3, -0.25) is 14.5 Å². The van der Waals surface area contributed by atoms with Crippen LogP contribution in [0, 0.1) is 18.8 Å². The molecule has 6 heteroatoms. The van der Waals surface area contributed by atoms with Gasteiger partial charge in [-0.1, -0.05) is 24.3 Å². The van der Waals surface area contributed by atoms with Crippen molar-refractivity contribution in [3.05, 3.63) is 35.4 Å². The van der Waals surface area contributed by atoms with E-state index in [1.165, 1.54) is 11.1 Å². The molecule has 2 fully saturated rings. The molecule has 2 heterocycles. The van der Waals surface area contributed by atoms with Gasteiger partial charge in [-0.25, -0.2) is 0 Å². The van der Waals surface area contributed by atoms with Crippen LogP contribution in [-0.4, -0.2) is 78.5 Å². The number of likely N-dealkylation sites (N-methyl/N-ethyl adjacent to an activating group) is 1. The summed E-state index contributed by atoms with van der Waals surface area (Å²) in [5.74, 6) is 0.00650. The fourth-order valence-electron chi connectivity index (χ4n) is 4.39. The summed E-state index contributed by atoms with van der Waals surface area (Å²) < 4.78 is 0. The number of carboxylic acid groups (broad SMARTS) is 1. The molecular weight excluding hydrogens is 318 g/mol. The van der Waals surface area contributed by atoms with Crippen molar-refractivity contribution < 1.29 is 14.7 Å². The normalized spacial score (nSPS) is 26.2. The van der Waals surface area contributed by atoms with Crippen molar-refractivity contribution >= 4 is 11.9 Å². The first-order valence-corrected chi connectivity index (χ1v) is 8.80. The number of likely N-dealkylation sites (tertiary alicyclic amines) is 2. The Hall–Kier alpha value is -1.92. The van der Waals surface area contributed by atoms with Gasteiger partial charge in [0.25, 0.3) is 0 Å². The molecule has 0 unspecified atom stereocenters. The van der Waals surface area contributed by atoms with E-state index in [2.05, 4.69) is 19.1 Å². The molecule has 25 heavy (non-hydrogen) atoms. The molecular formula is C19H27N3O3. The van der Waals surface area contributed by atoms with E-state index in [9.17, 15) is 9.59 Å². The van der Waals surface area contributed by atoms with Crippen molar-refractivity contribution in [1.82, 2.24) is 14.7 Å². The highest BCUT2D eigenvalue weighted by Crippen LogP contribution is 2.45. The number of hydrogen-bond donors (Lipinski definition) is 1. The number of aliphatic carboxylic acids is 1. The number of rotatable bonds is 5. The van der Waals surface area contributed by atoms with Crippen LogP contribution in [0.5, 0.6) is 0 Å². The average molecular weight is 345 g/mol. The van der Waals surface area contributed by atoms with E-state index in [0.29, 0.717) is 24.9 Å². The van der Waals surface area contributed by atoms with Gasteiger partial charge in [0, 0.05) is 25.6 Å². The molecule has 1 amide bonds. The van der Waals surface area contributed by atoms with E-state index < -0.39 is 5.97 Å². The summed E-state index contributed by atoms with van der Waals surface area (Å²) >= 11 is 0. The zero-order valence-electron chi connectivity index (χ0n) is 15.2. The summed E-state index contributed by atoms with van der Waals surface area (Å²) in [7, 11) is 3.82. The number of carboxylic acids is 1. The average Bonchev–Trinajstić information content (AvgIpc) is 3.03. The predicted octanol–water partition coefficient (Wildman–Crippen LogP) is 1.07. The lowest BCUT2D eigenvalue weighted by atomic mass is 9.87. The Morgan fingerprint density at radius 1 is 1.20 bits per heavy atom. The Kier molecular flexibility index (Phi) is 5.11. The van der Waals surface area contributed by atoms with E-state index in [4.69, 9.17) is 5.11 Å². The number of amides is 1. The Labute approximate surface area is 149 Å². The maximum absolute atomic E-state index is 12.8. The fraction of sp³-hybridized carbons (Fsp3) is 0.579. The number of hydrogen-bond acceptors (Lipinski definition) is 4. The van der Waals surface area contributed by atoms with Crippen molar-refractivity contribution in [2.75, 3.05) is 46.8 Å². The molecule has 0 spiro atoms. The molecule has 3 atom stereocenters. The standard InChI is InChI=1S/C19H27N3O3/c1-13-6-4-5-7-15(13)19-16-10-21(12-18(24)25)8-14(16)9-22(19)17(23)11-20(2)3/h4-7,14,16,19H,8-12H2,1-3H3,(H,24,25)/t14-,16-,19+/m1/s1. The number of carbonyl (C=O) groups is 2. The molecule has 6 nitrogen and oxygen atoms in total. The summed E-state index contributed by atoms with van der Waals surface area (Å²) in [4.78, 5) is 29.8. The van der Waals surface area contributed by atoms with Crippen LogP contribution in [0.2, 0.25) is 0 Å². The van der Waals surface area contributed by atoms with Crippen molar-refractivity contribution in [3.63, 3.8) is 0 Å². The predicted molar refractivity (Wildman–Crippen MR) is 95.2 cm³/mol. The van der Waals surface area contributed by atoms with Gasteiger partial charge in [0.15, 0.2) is 0 Å². The van der Waals surface area contributed by atoms with Crippen LogP contribution in [0.25, 0.3) is 0 Å². The highest BCUT2D eigenvalue weighted by molar-refractivity contribution is 5.79. The lowest BCUT2D eigenvalue weighted by molar-refractivity contribution is -0.138. The molecule has 1 aromatic rings. The molecule has 3 rings (SSSR count). The monoisotopic (exact) mass is 345 g/mol. The minimum atomic E-state index is -0.784. The zero-order valence-corrected chi connectivity index (χ0v) is 15.2. The van der Waals surface area contributed by atoms with Crippen LogP contribution in [0.15, 0.2) is 24.3 Å². The largest absolute Gasteiger partial charge is 0.480 e.